The highest BCUT2D eigenvalue weighted by atomic mass is 19.1. The first kappa shape index (κ1) is 16.2. The second-order valence-corrected chi connectivity index (χ2v) is 5.55. The van der Waals surface area contributed by atoms with E-state index in [1.807, 2.05) is 6.07 Å². The maximum atomic E-state index is 13.2. The largest absolute Gasteiger partial charge is 0.308 e. The molecular weight excluding hydrogens is 237 g/mol. The third kappa shape index (κ3) is 6.72. The predicted octanol–water partition coefficient (Wildman–Crippen LogP) is 5.23. The normalized spacial score (nSPS) is 14.3. The van der Waals surface area contributed by atoms with Crippen molar-refractivity contribution >= 4 is 0 Å². The lowest BCUT2D eigenvalue weighted by Gasteiger charge is -2.20. The van der Waals surface area contributed by atoms with Crippen LogP contribution in [0.3, 0.4) is 0 Å². The predicted molar refractivity (Wildman–Crippen MR) is 80.8 cm³/mol. The minimum Gasteiger partial charge on any atom is -0.308 e. The van der Waals surface area contributed by atoms with Crippen molar-refractivity contribution in [2.24, 2.45) is 0 Å². The molecule has 0 spiro atoms. The van der Waals surface area contributed by atoms with E-state index in [-0.39, 0.29) is 11.9 Å². The molecule has 0 saturated heterocycles. The van der Waals surface area contributed by atoms with Crippen LogP contribution in [-0.2, 0) is 0 Å². The number of halogens is 1. The Morgan fingerprint density at radius 2 is 1.84 bits per heavy atom. The van der Waals surface area contributed by atoms with Crippen LogP contribution in [0.1, 0.15) is 70.9 Å². The summed E-state index contributed by atoms with van der Waals surface area (Å²) in [5.41, 5.74) is 1.03. The van der Waals surface area contributed by atoms with Crippen LogP contribution in [0.25, 0.3) is 0 Å². The lowest BCUT2D eigenvalue weighted by Crippen LogP contribution is -2.28. The summed E-state index contributed by atoms with van der Waals surface area (Å²) in [5, 5.41) is 3.55. The van der Waals surface area contributed by atoms with Gasteiger partial charge in [0.25, 0.3) is 0 Å². The molecule has 2 atom stereocenters. The van der Waals surface area contributed by atoms with Gasteiger partial charge in [0.15, 0.2) is 0 Å². The van der Waals surface area contributed by atoms with Crippen LogP contribution in [0.4, 0.5) is 4.39 Å². The highest BCUT2D eigenvalue weighted by Gasteiger charge is 2.09. The van der Waals surface area contributed by atoms with E-state index < -0.39 is 0 Å². The topological polar surface area (TPSA) is 12.0 Å². The lowest BCUT2D eigenvalue weighted by atomic mass is 10.0. The number of hydrogen-bond acceptors (Lipinski definition) is 1. The van der Waals surface area contributed by atoms with E-state index >= 15 is 0 Å². The number of nitrogens with one attached hydrogen (secondary N) is 1. The number of unbranched alkanes of at least 4 members (excludes halogenated alkanes) is 4. The molecule has 19 heavy (non-hydrogen) atoms. The van der Waals surface area contributed by atoms with Crippen molar-refractivity contribution in [3.63, 3.8) is 0 Å². The zero-order valence-electron chi connectivity index (χ0n) is 12.6. The fourth-order valence-corrected chi connectivity index (χ4v) is 2.44. The van der Waals surface area contributed by atoms with E-state index in [9.17, 15) is 4.39 Å². The Morgan fingerprint density at radius 3 is 2.53 bits per heavy atom. The Labute approximate surface area is 117 Å². The van der Waals surface area contributed by atoms with Gasteiger partial charge in [0.05, 0.1) is 0 Å². The molecule has 2 heteroatoms. The Bertz CT molecular complexity index is 351. The highest BCUT2D eigenvalue weighted by molar-refractivity contribution is 5.19. The van der Waals surface area contributed by atoms with Crippen LogP contribution in [0.5, 0.6) is 0 Å². The van der Waals surface area contributed by atoms with E-state index in [0.717, 1.165) is 5.56 Å². The molecule has 0 aromatic heterocycles. The van der Waals surface area contributed by atoms with Gasteiger partial charge in [0.1, 0.15) is 5.82 Å². The third-order valence-corrected chi connectivity index (χ3v) is 3.62. The summed E-state index contributed by atoms with van der Waals surface area (Å²) in [7, 11) is 0. The van der Waals surface area contributed by atoms with E-state index in [1.165, 1.54) is 44.6 Å². The van der Waals surface area contributed by atoms with Crippen LogP contribution >= 0.6 is 0 Å². The maximum absolute atomic E-state index is 13.2. The van der Waals surface area contributed by atoms with Crippen molar-refractivity contribution in [1.82, 2.24) is 5.32 Å². The zero-order valence-corrected chi connectivity index (χ0v) is 12.6. The standard InChI is InChI=1S/C17H28FN/c1-4-5-6-7-8-10-14(2)19-15(3)16-11-9-12-17(18)13-16/h9,11-15,19H,4-8,10H2,1-3H3/t14?,15-/m0/s1. The fourth-order valence-electron chi connectivity index (χ4n) is 2.44. The first-order chi connectivity index (χ1) is 9.13. The molecule has 1 aromatic carbocycles. The van der Waals surface area contributed by atoms with Gasteiger partial charge in [0.2, 0.25) is 0 Å². The second-order valence-electron chi connectivity index (χ2n) is 5.55. The van der Waals surface area contributed by atoms with Gasteiger partial charge in [-0.05, 0) is 38.0 Å². The summed E-state index contributed by atoms with van der Waals surface area (Å²) in [5.74, 6) is -0.154. The Kier molecular flexibility index (Phi) is 7.73. The Hall–Kier alpha value is -0.890. The van der Waals surface area contributed by atoms with Gasteiger partial charge in [-0.15, -0.1) is 0 Å². The van der Waals surface area contributed by atoms with Crippen LogP contribution in [0.15, 0.2) is 24.3 Å². The Balaban J connectivity index is 2.26. The molecule has 1 rings (SSSR count). The van der Waals surface area contributed by atoms with Crippen molar-refractivity contribution in [2.75, 3.05) is 0 Å². The van der Waals surface area contributed by atoms with Gasteiger partial charge in [-0.1, -0.05) is 51.2 Å². The molecule has 0 heterocycles. The van der Waals surface area contributed by atoms with Gasteiger partial charge in [-0.3, -0.25) is 0 Å². The van der Waals surface area contributed by atoms with E-state index in [4.69, 9.17) is 0 Å². The average molecular weight is 265 g/mol. The fraction of sp³-hybridized carbons (Fsp3) is 0.647. The molecular formula is C17H28FN. The van der Waals surface area contributed by atoms with E-state index in [2.05, 4.69) is 26.1 Å². The lowest BCUT2D eigenvalue weighted by molar-refractivity contribution is 0.435. The summed E-state index contributed by atoms with van der Waals surface area (Å²) in [6.45, 7) is 6.56. The molecule has 0 aliphatic heterocycles. The molecule has 0 aliphatic carbocycles. The van der Waals surface area contributed by atoms with Gasteiger partial charge >= 0.3 is 0 Å². The van der Waals surface area contributed by atoms with Gasteiger partial charge in [0, 0.05) is 12.1 Å². The molecule has 1 unspecified atom stereocenters. The molecule has 0 radical (unpaired) electrons. The quantitative estimate of drug-likeness (QED) is 0.603. The van der Waals surface area contributed by atoms with Crippen molar-refractivity contribution in [3.05, 3.63) is 35.6 Å². The van der Waals surface area contributed by atoms with Crippen LogP contribution < -0.4 is 5.32 Å². The van der Waals surface area contributed by atoms with Gasteiger partial charge in [-0.25, -0.2) is 4.39 Å². The second kappa shape index (κ2) is 9.08. The molecule has 0 aliphatic rings. The molecule has 0 fully saturated rings. The Morgan fingerprint density at radius 1 is 1.11 bits per heavy atom. The summed E-state index contributed by atoms with van der Waals surface area (Å²) in [6.07, 6.45) is 7.80. The first-order valence-corrected chi connectivity index (χ1v) is 7.65. The zero-order chi connectivity index (χ0) is 14.1. The minimum atomic E-state index is -0.154. The van der Waals surface area contributed by atoms with E-state index in [1.54, 1.807) is 12.1 Å². The van der Waals surface area contributed by atoms with E-state index in [0.29, 0.717) is 6.04 Å². The maximum Gasteiger partial charge on any atom is 0.123 e. The number of benzene rings is 1. The van der Waals surface area contributed by atoms with Crippen LogP contribution in [0, 0.1) is 5.82 Å². The number of rotatable bonds is 9. The monoisotopic (exact) mass is 265 g/mol. The van der Waals surface area contributed by atoms with Crippen molar-refractivity contribution in [1.29, 1.82) is 0 Å². The molecule has 108 valence electrons. The van der Waals surface area contributed by atoms with Crippen molar-refractivity contribution in [2.45, 2.75) is 71.4 Å². The SMILES string of the molecule is CCCCCCCC(C)N[C@@H](C)c1cccc(F)c1. The highest BCUT2D eigenvalue weighted by Crippen LogP contribution is 2.15. The molecule has 1 N–H and O–H groups in total. The average Bonchev–Trinajstić information content (AvgIpc) is 2.38. The van der Waals surface area contributed by atoms with Crippen molar-refractivity contribution < 1.29 is 4.39 Å². The third-order valence-electron chi connectivity index (χ3n) is 3.62. The molecule has 0 bridgehead atoms. The molecule has 0 amide bonds. The molecule has 0 saturated carbocycles. The smallest absolute Gasteiger partial charge is 0.123 e. The summed E-state index contributed by atoms with van der Waals surface area (Å²) < 4.78 is 13.2. The summed E-state index contributed by atoms with van der Waals surface area (Å²) in [6, 6.07) is 7.56. The van der Waals surface area contributed by atoms with Gasteiger partial charge in [-0.2, -0.15) is 0 Å². The van der Waals surface area contributed by atoms with Crippen LogP contribution in [-0.4, -0.2) is 6.04 Å². The van der Waals surface area contributed by atoms with Gasteiger partial charge < -0.3 is 5.32 Å². The summed E-state index contributed by atoms with van der Waals surface area (Å²) >= 11 is 0. The van der Waals surface area contributed by atoms with Crippen molar-refractivity contribution in [3.8, 4) is 0 Å². The van der Waals surface area contributed by atoms with Crippen LogP contribution in [0.2, 0.25) is 0 Å². The molecule has 1 aromatic rings. The molecule has 1 nitrogen and oxygen atoms in total. The summed E-state index contributed by atoms with van der Waals surface area (Å²) in [4.78, 5) is 0. The first-order valence-electron chi connectivity index (χ1n) is 7.65. The number of hydrogen-bond donors (Lipinski definition) is 1. The minimum absolute atomic E-state index is 0.154.